The van der Waals surface area contributed by atoms with Crippen molar-refractivity contribution in [3.05, 3.63) is 29.3 Å². The van der Waals surface area contributed by atoms with Crippen molar-refractivity contribution in [2.24, 2.45) is 0 Å². The molecule has 1 aromatic carbocycles. The van der Waals surface area contributed by atoms with E-state index in [1.165, 1.54) is 25.4 Å². The molecule has 2 aromatic rings. The summed E-state index contributed by atoms with van der Waals surface area (Å²) in [5.41, 5.74) is 0.817. The van der Waals surface area contributed by atoms with Crippen LogP contribution in [0.3, 0.4) is 0 Å². The molecule has 1 aromatic heterocycles. The standard InChI is InChI=1S/C12H11NO3S/c1-7(14)11-6-13-12(17-11)8-3-4-9(15)10(5-8)16-2/h3-6,15H,1-2H3. The van der Waals surface area contributed by atoms with Crippen LogP contribution in [0.2, 0.25) is 0 Å². The van der Waals surface area contributed by atoms with Crippen LogP contribution in [0, 0.1) is 0 Å². The molecule has 1 heterocycles. The van der Waals surface area contributed by atoms with Gasteiger partial charge in [0.15, 0.2) is 17.3 Å². The minimum Gasteiger partial charge on any atom is -0.504 e. The average Bonchev–Trinajstić information content (AvgIpc) is 2.79. The summed E-state index contributed by atoms with van der Waals surface area (Å²) in [6.07, 6.45) is 1.56. The normalized spacial score (nSPS) is 10.2. The predicted octanol–water partition coefficient (Wildman–Crippen LogP) is 2.73. The predicted molar refractivity (Wildman–Crippen MR) is 65.8 cm³/mol. The van der Waals surface area contributed by atoms with Crippen molar-refractivity contribution in [2.75, 3.05) is 7.11 Å². The number of hydrogen-bond donors (Lipinski definition) is 1. The molecule has 4 nitrogen and oxygen atoms in total. The molecule has 0 fully saturated rings. The first-order valence-corrected chi connectivity index (χ1v) is 5.77. The number of rotatable bonds is 3. The molecule has 0 aliphatic rings. The summed E-state index contributed by atoms with van der Waals surface area (Å²) in [4.78, 5) is 16.0. The number of ether oxygens (including phenoxy) is 1. The molecule has 0 saturated carbocycles. The highest BCUT2D eigenvalue weighted by Crippen LogP contribution is 2.33. The molecule has 0 aliphatic carbocycles. The Morgan fingerprint density at radius 1 is 1.47 bits per heavy atom. The summed E-state index contributed by atoms with van der Waals surface area (Å²) < 4.78 is 5.02. The highest BCUT2D eigenvalue weighted by molar-refractivity contribution is 7.16. The third kappa shape index (κ3) is 2.29. The zero-order valence-electron chi connectivity index (χ0n) is 9.43. The van der Waals surface area contributed by atoms with E-state index in [4.69, 9.17) is 4.74 Å². The molecule has 0 unspecified atom stereocenters. The minimum atomic E-state index is -0.000469. The van der Waals surface area contributed by atoms with Crippen LogP contribution in [-0.2, 0) is 0 Å². The van der Waals surface area contributed by atoms with E-state index in [9.17, 15) is 9.90 Å². The first kappa shape index (κ1) is 11.6. The van der Waals surface area contributed by atoms with E-state index in [0.29, 0.717) is 10.6 Å². The van der Waals surface area contributed by atoms with E-state index in [2.05, 4.69) is 4.98 Å². The Bertz CT molecular complexity index is 563. The van der Waals surface area contributed by atoms with Crippen LogP contribution in [0.5, 0.6) is 11.5 Å². The lowest BCUT2D eigenvalue weighted by atomic mass is 10.2. The highest BCUT2D eigenvalue weighted by Gasteiger charge is 2.10. The lowest BCUT2D eigenvalue weighted by Crippen LogP contribution is -1.84. The molecule has 1 N–H and O–H groups in total. The Balaban J connectivity index is 2.42. The Morgan fingerprint density at radius 2 is 2.24 bits per heavy atom. The smallest absolute Gasteiger partial charge is 0.171 e. The van der Waals surface area contributed by atoms with Crippen molar-refractivity contribution in [1.82, 2.24) is 4.98 Å². The van der Waals surface area contributed by atoms with Crippen molar-refractivity contribution in [2.45, 2.75) is 6.92 Å². The number of benzene rings is 1. The number of thiazole rings is 1. The first-order chi connectivity index (χ1) is 8.11. The molecule has 0 atom stereocenters. The van der Waals surface area contributed by atoms with E-state index in [-0.39, 0.29) is 11.5 Å². The summed E-state index contributed by atoms with van der Waals surface area (Å²) in [5.74, 6) is 0.473. The maximum atomic E-state index is 11.2. The molecule has 0 saturated heterocycles. The van der Waals surface area contributed by atoms with Crippen LogP contribution in [0.15, 0.2) is 24.4 Å². The fraction of sp³-hybridized carbons (Fsp3) is 0.167. The van der Waals surface area contributed by atoms with Crippen LogP contribution >= 0.6 is 11.3 Å². The largest absolute Gasteiger partial charge is 0.504 e. The third-order valence-corrected chi connectivity index (χ3v) is 3.43. The lowest BCUT2D eigenvalue weighted by molar-refractivity contribution is 0.102. The van der Waals surface area contributed by atoms with E-state index in [1.54, 1.807) is 24.4 Å². The minimum absolute atomic E-state index is 0.000469. The van der Waals surface area contributed by atoms with E-state index < -0.39 is 0 Å². The molecular weight excluding hydrogens is 238 g/mol. The molecule has 88 valence electrons. The number of aromatic nitrogens is 1. The van der Waals surface area contributed by atoms with Crippen molar-refractivity contribution < 1.29 is 14.6 Å². The van der Waals surface area contributed by atoms with Gasteiger partial charge in [-0.15, -0.1) is 11.3 Å². The van der Waals surface area contributed by atoms with Gasteiger partial charge in [0.2, 0.25) is 0 Å². The van der Waals surface area contributed by atoms with Gasteiger partial charge in [0, 0.05) is 18.7 Å². The highest BCUT2D eigenvalue weighted by atomic mass is 32.1. The maximum Gasteiger partial charge on any atom is 0.171 e. The Hall–Kier alpha value is -1.88. The molecule has 5 heteroatoms. The fourth-order valence-electron chi connectivity index (χ4n) is 1.38. The number of hydrogen-bond acceptors (Lipinski definition) is 5. The molecule has 0 bridgehead atoms. The van der Waals surface area contributed by atoms with E-state index in [0.717, 1.165) is 10.6 Å². The summed E-state index contributed by atoms with van der Waals surface area (Å²) in [6, 6.07) is 4.97. The molecule has 0 spiro atoms. The van der Waals surface area contributed by atoms with Gasteiger partial charge in [-0.1, -0.05) is 0 Å². The SMILES string of the molecule is COc1cc(-c2ncc(C(C)=O)s2)ccc1O. The van der Waals surface area contributed by atoms with Gasteiger partial charge in [-0.05, 0) is 18.2 Å². The van der Waals surface area contributed by atoms with Crippen molar-refractivity contribution in [1.29, 1.82) is 0 Å². The Kier molecular flexibility index (Phi) is 3.10. The van der Waals surface area contributed by atoms with Crippen LogP contribution in [0.25, 0.3) is 10.6 Å². The lowest BCUT2D eigenvalue weighted by Gasteiger charge is -2.04. The molecule has 0 amide bonds. The average molecular weight is 249 g/mol. The molecule has 17 heavy (non-hydrogen) atoms. The number of carbonyl (C=O) groups is 1. The topological polar surface area (TPSA) is 59.4 Å². The van der Waals surface area contributed by atoms with Crippen LogP contribution in [0.1, 0.15) is 16.6 Å². The van der Waals surface area contributed by atoms with Gasteiger partial charge in [-0.25, -0.2) is 4.98 Å². The molecule has 2 rings (SSSR count). The van der Waals surface area contributed by atoms with E-state index in [1.807, 2.05) is 0 Å². The van der Waals surface area contributed by atoms with Gasteiger partial charge >= 0.3 is 0 Å². The first-order valence-electron chi connectivity index (χ1n) is 4.96. The van der Waals surface area contributed by atoms with Crippen LogP contribution in [0.4, 0.5) is 0 Å². The van der Waals surface area contributed by atoms with Crippen molar-refractivity contribution in [3.63, 3.8) is 0 Å². The van der Waals surface area contributed by atoms with Crippen molar-refractivity contribution >= 4 is 17.1 Å². The number of phenols is 1. The number of methoxy groups -OCH3 is 1. The molecule has 0 radical (unpaired) electrons. The number of Topliss-reactive ketones (excluding diaryl/α,β-unsaturated/α-hetero) is 1. The monoisotopic (exact) mass is 249 g/mol. The van der Waals surface area contributed by atoms with Gasteiger partial charge in [-0.2, -0.15) is 0 Å². The fourth-order valence-corrected chi connectivity index (χ4v) is 2.19. The number of aromatic hydroxyl groups is 1. The number of ketones is 1. The third-order valence-electron chi connectivity index (χ3n) is 2.28. The van der Waals surface area contributed by atoms with Gasteiger partial charge in [0.1, 0.15) is 5.01 Å². The van der Waals surface area contributed by atoms with Gasteiger partial charge < -0.3 is 9.84 Å². The van der Waals surface area contributed by atoms with Gasteiger partial charge in [0.05, 0.1) is 12.0 Å². The molecule has 0 aliphatic heterocycles. The Morgan fingerprint density at radius 3 is 2.82 bits per heavy atom. The van der Waals surface area contributed by atoms with Gasteiger partial charge in [-0.3, -0.25) is 4.79 Å². The summed E-state index contributed by atoms with van der Waals surface area (Å²) >= 11 is 1.32. The maximum absolute atomic E-state index is 11.2. The summed E-state index contributed by atoms with van der Waals surface area (Å²) in [5, 5.41) is 10.2. The van der Waals surface area contributed by atoms with Crippen LogP contribution in [-0.4, -0.2) is 23.0 Å². The second kappa shape index (κ2) is 4.55. The van der Waals surface area contributed by atoms with Gasteiger partial charge in [0.25, 0.3) is 0 Å². The summed E-state index contributed by atoms with van der Waals surface area (Å²) in [7, 11) is 1.49. The molecular formula is C12H11NO3S. The Labute approximate surface area is 103 Å². The number of nitrogens with zero attached hydrogens (tertiary/aromatic N) is 1. The quantitative estimate of drug-likeness (QED) is 0.850. The summed E-state index contributed by atoms with van der Waals surface area (Å²) in [6.45, 7) is 1.51. The number of carbonyl (C=O) groups excluding carboxylic acids is 1. The second-order valence-corrected chi connectivity index (χ2v) is 4.50. The van der Waals surface area contributed by atoms with Crippen LogP contribution < -0.4 is 4.74 Å². The second-order valence-electron chi connectivity index (χ2n) is 3.47. The van der Waals surface area contributed by atoms with Crippen molar-refractivity contribution in [3.8, 4) is 22.1 Å². The number of phenolic OH excluding ortho intramolecular Hbond substituents is 1. The van der Waals surface area contributed by atoms with E-state index >= 15 is 0 Å². The zero-order chi connectivity index (χ0) is 12.4. The zero-order valence-corrected chi connectivity index (χ0v) is 10.2.